The first-order valence-electron chi connectivity index (χ1n) is 5.95. The van der Waals surface area contributed by atoms with E-state index in [1.165, 1.54) is 37.2 Å². The Morgan fingerprint density at radius 3 is 2.80 bits per heavy atom. The fourth-order valence-corrected chi connectivity index (χ4v) is 2.79. The van der Waals surface area contributed by atoms with Crippen LogP contribution in [0.3, 0.4) is 0 Å². The first-order valence-corrected chi connectivity index (χ1v) is 5.95. The SMILES string of the molecule is CC(C)N1CCC2(CC2)c2cccnc21. The number of aromatic nitrogens is 1. The summed E-state index contributed by atoms with van der Waals surface area (Å²) in [6.07, 6.45) is 5.99. The second-order valence-corrected chi connectivity index (χ2v) is 5.19. The summed E-state index contributed by atoms with van der Waals surface area (Å²) in [7, 11) is 0. The van der Waals surface area contributed by atoms with E-state index in [1.807, 2.05) is 6.20 Å². The highest BCUT2D eigenvalue weighted by molar-refractivity contribution is 5.56. The van der Waals surface area contributed by atoms with Crippen molar-refractivity contribution in [2.24, 2.45) is 0 Å². The molecule has 0 radical (unpaired) electrons. The number of fused-ring (bicyclic) bond motifs is 2. The molecule has 0 amide bonds. The van der Waals surface area contributed by atoms with Crippen molar-refractivity contribution in [1.82, 2.24) is 4.98 Å². The predicted octanol–water partition coefficient (Wildman–Crippen LogP) is 2.73. The summed E-state index contributed by atoms with van der Waals surface area (Å²) >= 11 is 0. The van der Waals surface area contributed by atoms with Gasteiger partial charge in [0.05, 0.1) is 0 Å². The molecule has 1 aliphatic carbocycles. The molecule has 2 aliphatic rings. The number of hydrogen-bond donors (Lipinski definition) is 0. The van der Waals surface area contributed by atoms with E-state index in [2.05, 4.69) is 35.9 Å². The lowest BCUT2D eigenvalue weighted by Gasteiger charge is -2.37. The van der Waals surface area contributed by atoms with Crippen LogP contribution in [-0.2, 0) is 5.41 Å². The average molecular weight is 202 g/mol. The van der Waals surface area contributed by atoms with E-state index in [0.29, 0.717) is 11.5 Å². The molecule has 0 aromatic carbocycles. The molecule has 1 saturated carbocycles. The zero-order valence-corrected chi connectivity index (χ0v) is 9.53. The summed E-state index contributed by atoms with van der Waals surface area (Å²) in [4.78, 5) is 7.03. The minimum absolute atomic E-state index is 0.523. The van der Waals surface area contributed by atoms with Gasteiger partial charge in [-0.3, -0.25) is 0 Å². The predicted molar refractivity (Wildman–Crippen MR) is 62.2 cm³/mol. The molecule has 1 spiro atoms. The minimum Gasteiger partial charge on any atom is -0.354 e. The van der Waals surface area contributed by atoms with Gasteiger partial charge in [0, 0.05) is 29.8 Å². The van der Waals surface area contributed by atoms with Crippen molar-refractivity contribution in [3.8, 4) is 0 Å². The van der Waals surface area contributed by atoms with Crippen molar-refractivity contribution in [3.05, 3.63) is 23.9 Å². The fourth-order valence-electron chi connectivity index (χ4n) is 2.79. The maximum Gasteiger partial charge on any atom is 0.132 e. The molecule has 1 aliphatic heterocycles. The molecule has 0 atom stereocenters. The van der Waals surface area contributed by atoms with Crippen LogP contribution in [0.4, 0.5) is 5.82 Å². The lowest BCUT2D eigenvalue weighted by atomic mass is 9.88. The molecular formula is C13H18N2. The molecule has 0 N–H and O–H groups in total. The molecule has 1 fully saturated rings. The Labute approximate surface area is 91.3 Å². The molecule has 2 heteroatoms. The van der Waals surface area contributed by atoms with Gasteiger partial charge >= 0.3 is 0 Å². The van der Waals surface area contributed by atoms with Gasteiger partial charge in [0.15, 0.2) is 0 Å². The maximum absolute atomic E-state index is 4.58. The third kappa shape index (κ3) is 1.27. The third-order valence-corrected chi connectivity index (χ3v) is 3.94. The minimum atomic E-state index is 0.523. The van der Waals surface area contributed by atoms with Crippen molar-refractivity contribution in [3.63, 3.8) is 0 Å². The molecular weight excluding hydrogens is 184 g/mol. The Morgan fingerprint density at radius 1 is 1.33 bits per heavy atom. The van der Waals surface area contributed by atoms with E-state index in [0.717, 1.165) is 0 Å². The summed E-state index contributed by atoms with van der Waals surface area (Å²) in [6.45, 7) is 5.69. The Bertz CT molecular complexity index is 380. The fraction of sp³-hybridized carbons (Fsp3) is 0.615. The van der Waals surface area contributed by atoms with E-state index in [9.17, 15) is 0 Å². The molecule has 2 heterocycles. The molecule has 15 heavy (non-hydrogen) atoms. The molecule has 0 bridgehead atoms. The van der Waals surface area contributed by atoms with E-state index in [4.69, 9.17) is 0 Å². The van der Waals surface area contributed by atoms with Crippen LogP contribution >= 0.6 is 0 Å². The molecule has 0 unspecified atom stereocenters. The van der Waals surface area contributed by atoms with Crippen LogP contribution in [0.2, 0.25) is 0 Å². The highest BCUT2D eigenvalue weighted by Crippen LogP contribution is 2.55. The first-order chi connectivity index (χ1) is 7.23. The zero-order chi connectivity index (χ0) is 10.5. The smallest absolute Gasteiger partial charge is 0.132 e. The van der Waals surface area contributed by atoms with Crippen molar-refractivity contribution >= 4 is 5.82 Å². The Hall–Kier alpha value is -1.05. The van der Waals surface area contributed by atoms with E-state index in [1.54, 1.807) is 0 Å². The summed E-state index contributed by atoms with van der Waals surface area (Å²) in [5.74, 6) is 1.25. The van der Waals surface area contributed by atoms with Crippen molar-refractivity contribution in [2.75, 3.05) is 11.4 Å². The summed E-state index contributed by atoms with van der Waals surface area (Å²) in [5, 5.41) is 0. The van der Waals surface area contributed by atoms with E-state index >= 15 is 0 Å². The molecule has 0 saturated heterocycles. The highest BCUT2D eigenvalue weighted by Gasteiger charge is 2.48. The number of rotatable bonds is 1. The Kier molecular flexibility index (Phi) is 1.82. The van der Waals surface area contributed by atoms with Gasteiger partial charge in [-0.05, 0) is 39.2 Å². The van der Waals surface area contributed by atoms with Crippen molar-refractivity contribution in [1.29, 1.82) is 0 Å². The lowest BCUT2D eigenvalue weighted by molar-refractivity contribution is 0.530. The van der Waals surface area contributed by atoms with Gasteiger partial charge in [-0.25, -0.2) is 4.98 Å². The molecule has 2 nitrogen and oxygen atoms in total. The van der Waals surface area contributed by atoms with Crippen LogP contribution in [0.15, 0.2) is 18.3 Å². The van der Waals surface area contributed by atoms with Crippen LogP contribution < -0.4 is 4.90 Å². The van der Waals surface area contributed by atoms with Gasteiger partial charge < -0.3 is 4.90 Å². The largest absolute Gasteiger partial charge is 0.354 e. The summed E-state index contributed by atoms with van der Waals surface area (Å²) < 4.78 is 0. The third-order valence-electron chi connectivity index (χ3n) is 3.94. The van der Waals surface area contributed by atoms with Crippen LogP contribution in [0.1, 0.15) is 38.7 Å². The quantitative estimate of drug-likeness (QED) is 0.696. The normalized spacial score (nSPS) is 21.9. The number of nitrogens with zero attached hydrogens (tertiary/aromatic N) is 2. The molecule has 1 aromatic rings. The topological polar surface area (TPSA) is 16.1 Å². The summed E-state index contributed by atoms with van der Waals surface area (Å²) in [6, 6.07) is 4.93. The van der Waals surface area contributed by atoms with Gasteiger partial charge in [0.2, 0.25) is 0 Å². The molecule has 1 aromatic heterocycles. The lowest BCUT2D eigenvalue weighted by Crippen LogP contribution is -2.39. The average Bonchev–Trinajstić information content (AvgIpc) is 2.99. The standard InChI is InChI=1S/C13H18N2/c1-10(2)15-9-7-13(5-6-13)11-4-3-8-14-12(11)15/h3-4,8,10H,5-7,9H2,1-2H3. The molecule has 80 valence electrons. The number of anilines is 1. The second kappa shape index (κ2) is 2.97. The number of pyridine rings is 1. The van der Waals surface area contributed by atoms with Crippen LogP contribution in [-0.4, -0.2) is 17.6 Å². The van der Waals surface area contributed by atoms with Crippen LogP contribution in [0.25, 0.3) is 0 Å². The van der Waals surface area contributed by atoms with Gasteiger partial charge in [-0.15, -0.1) is 0 Å². The van der Waals surface area contributed by atoms with E-state index < -0.39 is 0 Å². The first kappa shape index (κ1) is 9.20. The Morgan fingerprint density at radius 2 is 2.13 bits per heavy atom. The van der Waals surface area contributed by atoms with E-state index in [-0.39, 0.29) is 0 Å². The zero-order valence-electron chi connectivity index (χ0n) is 9.53. The van der Waals surface area contributed by atoms with Gasteiger partial charge in [0.25, 0.3) is 0 Å². The Balaban J connectivity index is 2.08. The van der Waals surface area contributed by atoms with Crippen molar-refractivity contribution < 1.29 is 0 Å². The monoisotopic (exact) mass is 202 g/mol. The van der Waals surface area contributed by atoms with Crippen LogP contribution in [0.5, 0.6) is 0 Å². The maximum atomic E-state index is 4.58. The molecule has 3 rings (SSSR count). The van der Waals surface area contributed by atoms with Crippen molar-refractivity contribution in [2.45, 2.75) is 44.6 Å². The van der Waals surface area contributed by atoms with Gasteiger partial charge in [-0.2, -0.15) is 0 Å². The second-order valence-electron chi connectivity index (χ2n) is 5.19. The van der Waals surface area contributed by atoms with Gasteiger partial charge in [-0.1, -0.05) is 6.07 Å². The highest BCUT2D eigenvalue weighted by atomic mass is 15.2. The van der Waals surface area contributed by atoms with Crippen LogP contribution in [0, 0.1) is 0 Å². The summed E-state index contributed by atoms with van der Waals surface area (Å²) in [5.41, 5.74) is 2.03. The number of hydrogen-bond acceptors (Lipinski definition) is 2. The van der Waals surface area contributed by atoms with Gasteiger partial charge in [0.1, 0.15) is 5.82 Å².